The van der Waals surface area contributed by atoms with E-state index in [1.807, 2.05) is 82.3 Å². The molecule has 3 aromatic heterocycles. The Balaban J connectivity index is 0.000000155. The molecule has 0 saturated carbocycles. The van der Waals surface area contributed by atoms with Crippen LogP contribution < -0.4 is 54.1 Å². The maximum atomic E-state index is 14.2. The van der Waals surface area contributed by atoms with Crippen molar-refractivity contribution in [2.24, 2.45) is 0 Å². The predicted molar refractivity (Wildman–Crippen MR) is 509 cm³/mol. The van der Waals surface area contributed by atoms with Crippen LogP contribution in [0.5, 0.6) is 74.7 Å². The third-order valence-electron chi connectivity index (χ3n) is 23.2. The molecule has 0 atom stereocenters. The Hall–Kier alpha value is -16.8. The summed E-state index contributed by atoms with van der Waals surface area (Å²) in [4.78, 5) is 59.7. The number of methoxy groups -OCH3 is 7. The minimum absolute atomic E-state index is 0.00861. The van der Waals surface area contributed by atoms with Gasteiger partial charge in [0.05, 0.1) is 120 Å². The highest BCUT2D eigenvalue weighted by atomic mass is 19.4. The predicted octanol–water partition coefficient (Wildman–Crippen LogP) is 22.4. The van der Waals surface area contributed by atoms with Crippen molar-refractivity contribution in [2.45, 2.75) is 86.2 Å². The molecule has 0 bridgehead atoms. The summed E-state index contributed by atoms with van der Waals surface area (Å²) >= 11 is 0. The highest BCUT2D eigenvalue weighted by molar-refractivity contribution is 6.12. The second-order valence-electron chi connectivity index (χ2n) is 31.7. The van der Waals surface area contributed by atoms with E-state index in [1.165, 1.54) is 105 Å². The summed E-state index contributed by atoms with van der Waals surface area (Å²) in [5.41, 5.74) is 22.3. The smallest absolute Gasteiger partial charge is 0.487 e. The number of ether oxygens (including phenoxy) is 7. The van der Waals surface area contributed by atoms with Gasteiger partial charge in [0.1, 0.15) is 28.9 Å². The van der Waals surface area contributed by atoms with Gasteiger partial charge in [-0.05, 0) is 320 Å². The van der Waals surface area contributed by atoms with Gasteiger partial charge >= 0.3 is 6.30 Å². The summed E-state index contributed by atoms with van der Waals surface area (Å²) in [6.07, 6.45) is 6.72. The average Bonchev–Trinajstić information content (AvgIpc) is 1.63. The molecule has 0 saturated heterocycles. The van der Waals surface area contributed by atoms with Gasteiger partial charge in [-0.25, -0.2) is 18.5 Å². The number of aromatic hydroxyl groups is 5. The molecule has 704 valence electrons. The van der Waals surface area contributed by atoms with Crippen molar-refractivity contribution in [1.82, 2.24) is 21.0 Å². The van der Waals surface area contributed by atoms with Gasteiger partial charge in [-0.2, -0.15) is 5.48 Å². The number of furan rings is 3. The Morgan fingerprint density at radius 3 is 1.11 bits per heavy atom. The number of nitrogens with zero attached hydrogens (tertiary/aromatic N) is 2. The van der Waals surface area contributed by atoms with Crippen LogP contribution in [0.15, 0.2) is 242 Å². The van der Waals surface area contributed by atoms with Gasteiger partial charge in [0.2, 0.25) is 40.7 Å². The van der Waals surface area contributed by atoms with Crippen LogP contribution in [-0.4, -0.2) is 110 Å². The molecule has 4 aliphatic carbocycles. The van der Waals surface area contributed by atoms with Gasteiger partial charge in [-0.1, -0.05) is 66.2 Å². The number of carbonyl (C=O) groups is 4. The molecule has 0 radical (unpaired) electrons. The molecule has 0 spiro atoms. The Labute approximate surface area is 785 Å². The van der Waals surface area contributed by atoms with Crippen molar-refractivity contribution in [2.75, 3.05) is 49.8 Å². The second kappa shape index (κ2) is 43.2. The number of nitrogens with one attached hydrogen (secondary N) is 3. The lowest BCUT2D eigenvalue weighted by Crippen LogP contribution is -2.42. The van der Waals surface area contributed by atoms with E-state index in [4.69, 9.17) is 57.8 Å². The number of phenolic OH excluding ortho intramolecular Hbond substituents is 5. The third kappa shape index (κ3) is 22.6. The Morgan fingerprint density at radius 2 is 0.737 bits per heavy atom. The maximum absolute atomic E-state index is 14.2. The largest absolute Gasteiger partial charge is 0.504 e. The van der Waals surface area contributed by atoms with Crippen LogP contribution in [0.4, 0.5) is 27.6 Å². The van der Waals surface area contributed by atoms with Gasteiger partial charge in [0.25, 0.3) is 5.91 Å². The van der Waals surface area contributed by atoms with Crippen molar-refractivity contribution >= 4 is 98.2 Å². The topological polar surface area (TPSA) is 326 Å². The maximum Gasteiger partial charge on any atom is 0.487 e. The summed E-state index contributed by atoms with van der Waals surface area (Å²) in [6.45, 7) is 16.8. The third-order valence-corrected chi connectivity index (χ3v) is 23.2. The number of allylic oxidation sites excluding steroid dienone is 8. The minimum atomic E-state index is -4.94. The number of phenols is 5. The van der Waals surface area contributed by atoms with Crippen LogP contribution in [0, 0.1) is 25.1 Å². The zero-order valence-electron chi connectivity index (χ0n) is 76.5. The number of halogens is 5. The van der Waals surface area contributed by atoms with Gasteiger partial charge in [0, 0.05) is 0 Å². The van der Waals surface area contributed by atoms with E-state index >= 15 is 0 Å². The number of rotatable bonds is 27. The number of hydrogen-bond acceptors (Lipinski definition) is 20. The van der Waals surface area contributed by atoms with Gasteiger partial charge in [-0.3, -0.25) is 19.2 Å². The van der Waals surface area contributed by atoms with E-state index in [1.54, 1.807) is 123 Å². The van der Waals surface area contributed by atoms with Gasteiger partial charge in [-0.15, -0.1) is 13.2 Å². The summed E-state index contributed by atoms with van der Waals surface area (Å²) in [7, 11) is 10.1. The zero-order valence-corrected chi connectivity index (χ0v) is 76.5. The van der Waals surface area contributed by atoms with E-state index < -0.39 is 31.0 Å². The zero-order chi connectivity index (χ0) is 98.2. The molecule has 9 aromatic carbocycles. The number of para-hydroxylation sites is 1. The first-order valence-corrected chi connectivity index (χ1v) is 42.6. The number of alkyl halides is 3. The van der Waals surface area contributed by atoms with Crippen molar-refractivity contribution in [3.8, 4) is 74.7 Å². The van der Waals surface area contributed by atoms with Gasteiger partial charge < -0.3 is 87.4 Å². The molecule has 137 heavy (non-hydrogen) atoms. The lowest BCUT2D eigenvalue weighted by molar-refractivity contribution is -0.244. The van der Waals surface area contributed by atoms with Gasteiger partial charge in [0.15, 0.2) is 57.4 Å². The molecular weight excluding hydrogens is 1770 g/mol. The summed E-state index contributed by atoms with van der Waals surface area (Å²) in [5, 5.41) is 56.4. The first-order valence-electron chi connectivity index (χ1n) is 42.6. The van der Waals surface area contributed by atoms with E-state index in [-0.39, 0.29) is 117 Å². The van der Waals surface area contributed by atoms with Crippen molar-refractivity contribution < 1.29 is 118 Å². The van der Waals surface area contributed by atoms with E-state index in [0.29, 0.717) is 97.6 Å². The normalized spacial score (nSPS) is 13.8. The summed E-state index contributed by atoms with van der Waals surface area (Å²) in [6, 6.07) is 52.1. The van der Waals surface area contributed by atoms with Crippen LogP contribution >= 0.6 is 0 Å². The fourth-order valence-electron chi connectivity index (χ4n) is 16.2. The highest BCUT2D eigenvalue weighted by Gasteiger charge is 2.43. The number of amides is 4. The lowest BCUT2D eigenvalue weighted by Gasteiger charge is -2.24. The van der Waals surface area contributed by atoms with Crippen LogP contribution in [0.25, 0.3) is 73.7 Å². The van der Waals surface area contributed by atoms with Crippen LogP contribution in [0.1, 0.15) is 143 Å². The fraction of sp³-hybridized carbons (Fsp3) is 0.187. The summed E-state index contributed by atoms with van der Waals surface area (Å²) < 4.78 is 122. The van der Waals surface area contributed by atoms with Crippen molar-refractivity contribution in [1.29, 1.82) is 0 Å². The number of aryl methyl sites for hydroxylation is 1. The van der Waals surface area contributed by atoms with E-state index in [0.717, 1.165) is 83.5 Å². The lowest BCUT2D eigenvalue weighted by atomic mass is 9.98. The standard InChI is InChI=1S/C27H23F4NO5.C27H24FNO5.C27H24N2O5.C26H25NO5/c1-15-20(9-16-10-23(35-2)26(34)24(11-16)36-3)19-7-6-17(28)12-22(19)21(15)13-25(33)32(27(29,30)31)14-18-5-4-8-37-18;1-16-21(11-17-12-24(32-2)27(31)25(13-17)33-3)20-10-9-18(28)14-23(20)22(16)15-26(30)29-34-19-7-5-4-6-8-19;1-16-21(10-17-11-24(32-3)27(31)25(12-17)33-4)20-8-7-18(28-2)13-23(20)22(16)14-26(30)29-15-19-6-5-9-34-19;1-15-6-7-19-20(10-17-11-23(28)26(30)24(12-17)31-3)16(2)21(22(19)9-15)13-25(29)27-14-18-5-4-8-32-18/h4-12,34H,13-14H2,1-3H3;4-14,31H,15H2,1-3H3,(H,29,30);5-13,31H,14-15H2,1,3-4H3,(H,29,30);4-12,28,30H,13-14H2,1-3H3,(H,27,29)/b20-9-;21-11-;21-10-;20-10-. The van der Waals surface area contributed by atoms with Crippen molar-refractivity contribution in [3.05, 3.63) is 342 Å². The molecule has 0 fully saturated rings. The Bertz CT molecular complexity index is 6840. The van der Waals surface area contributed by atoms with E-state index in [9.17, 15) is 66.7 Å². The Morgan fingerprint density at radius 1 is 0.394 bits per heavy atom. The first kappa shape index (κ1) is 97.7. The molecule has 30 heteroatoms. The number of hydroxylamine groups is 1. The molecular formula is C107H96F5N5O20. The molecule has 0 aliphatic heterocycles. The summed E-state index contributed by atoms with van der Waals surface area (Å²) in [5.74, 6) is -0.178. The Kier molecular flexibility index (Phi) is 30.8. The quantitative estimate of drug-likeness (QED) is 0.00779. The number of benzene rings is 9. The molecule has 3 heterocycles. The molecule has 4 aliphatic rings. The number of carbonyl (C=O) groups excluding carboxylic acids is 4. The molecule has 25 nitrogen and oxygen atoms in total. The molecule has 8 N–H and O–H groups in total. The SMILES string of the molecule is COc1cc(/C=C2/C(C)=C(CC(=O)N(Cc3ccco3)C(F)(F)F)c3cc(F)ccc32)cc(OC)c1O.COc1cc(/C=C2/C(C)=C(CC(=O)NCc3ccco3)c3cc(C)ccc32)cc(O)c1O.COc1cc(/C=C2/C(C)=C(CC(=O)NOc3ccccc3)c3cc(F)ccc32)cc(OC)c1O.[C-]#[N+]c1ccc2c(c1)C(CC(=O)NCc1ccco1)=C(C)/C2=C/c1cc(OC)c(O)c(OC)c1. The van der Waals surface area contributed by atoms with Crippen molar-refractivity contribution in [3.63, 3.8) is 0 Å². The minimum Gasteiger partial charge on any atom is -0.504 e. The average molecular weight is 1870 g/mol. The second-order valence-corrected chi connectivity index (χ2v) is 31.7. The number of hydrogen-bond donors (Lipinski definition) is 8. The molecule has 0 unspecified atom stereocenters. The molecule has 4 amide bonds. The monoisotopic (exact) mass is 1870 g/mol. The van der Waals surface area contributed by atoms with E-state index in [2.05, 4.69) is 27.0 Å². The number of fused-ring (bicyclic) bond motifs is 4. The van der Waals surface area contributed by atoms with Crippen LogP contribution in [-0.2, 0) is 38.8 Å². The van der Waals surface area contributed by atoms with Crippen LogP contribution in [0.2, 0.25) is 0 Å². The fourth-order valence-corrected chi connectivity index (χ4v) is 16.2. The molecule has 12 aromatic rings. The first-order chi connectivity index (χ1) is 65.7. The molecule has 16 rings (SSSR count). The highest BCUT2D eigenvalue weighted by Crippen LogP contribution is 2.52. The van der Waals surface area contributed by atoms with Crippen LogP contribution in [0.3, 0.4) is 0 Å².